The summed E-state index contributed by atoms with van der Waals surface area (Å²) in [5.41, 5.74) is 1.73. The van der Waals surface area contributed by atoms with Crippen molar-refractivity contribution < 1.29 is 9.53 Å². The van der Waals surface area contributed by atoms with Crippen molar-refractivity contribution in [3.05, 3.63) is 34.8 Å². The Bertz CT molecular complexity index is 749. The number of carbonyl (C=O) groups excluding carboxylic acids is 1. The van der Waals surface area contributed by atoms with E-state index in [9.17, 15) is 4.79 Å². The minimum atomic E-state index is 0.0968. The van der Waals surface area contributed by atoms with Gasteiger partial charge in [-0.1, -0.05) is 12.1 Å². The second-order valence-corrected chi connectivity index (χ2v) is 7.55. The highest BCUT2D eigenvalue weighted by Crippen LogP contribution is 2.34. The van der Waals surface area contributed by atoms with Crippen LogP contribution in [-0.2, 0) is 0 Å². The summed E-state index contributed by atoms with van der Waals surface area (Å²) in [6.07, 6.45) is 0. The molecule has 0 spiro atoms. The Hall–Kier alpha value is -1.92. The van der Waals surface area contributed by atoms with Crippen LogP contribution in [0, 0.1) is 6.92 Å². The minimum absolute atomic E-state index is 0.0968. The highest BCUT2D eigenvalue weighted by atomic mass is 32.1. The number of aryl methyl sites for hydroxylation is 1. The van der Waals surface area contributed by atoms with Crippen LogP contribution in [-0.4, -0.2) is 60.0 Å². The second kappa shape index (κ2) is 7.54. The van der Waals surface area contributed by atoms with E-state index in [1.807, 2.05) is 36.1 Å². The lowest BCUT2D eigenvalue weighted by atomic mass is 10.2. The lowest BCUT2D eigenvalue weighted by Gasteiger charge is -2.36. The zero-order chi connectivity index (χ0) is 18.0. The van der Waals surface area contributed by atoms with Gasteiger partial charge in [0.2, 0.25) is 0 Å². The molecule has 2 heterocycles. The molecule has 1 aromatic heterocycles. The van der Waals surface area contributed by atoms with Gasteiger partial charge in [0.05, 0.1) is 18.4 Å². The van der Waals surface area contributed by atoms with Crippen LogP contribution in [0.3, 0.4) is 0 Å². The number of nitrogens with zero attached hydrogens (tertiary/aromatic N) is 3. The summed E-state index contributed by atoms with van der Waals surface area (Å²) in [5.74, 6) is 0.875. The Labute approximate surface area is 153 Å². The largest absolute Gasteiger partial charge is 0.496 e. The predicted octanol–water partition coefficient (Wildman–Crippen LogP) is 3.29. The highest BCUT2D eigenvalue weighted by Gasteiger charge is 2.26. The van der Waals surface area contributed by atoms with Crippen molar-refractivity contribution in [2.75, 3.05) is 33.3 Å². The molecule has 6 heteroatoms. The van der Waals surface area contributed by atoms with E-state index in [1.165, 1.54) is 11.3 Å². The second-order valence-electron chi connectivity index (χ2n) is 6.56. The molecular formula is C19H25N3O2S. The van der Waals surface area contributed by atoms with E-state index in [-0.39, 0.29) is 5.91 Å². The van der Waals surface area contributed by atoms with E-state index in [2.05, 4.69) is 23.7 Å². The highest BCUT2D eigenvalue weighted by molar-refractivity contribution is 7.17. The number of piperazine rings is 1. The van der Waals surface area contributed by atoms with Crippen molar-refractivity contribution in [3.8, 4) is 16.3 Å². The number of hydrogen-bond acceptors (Lipinski definition) is 5. The first-order valence-corrected chi connectivity index (χ1v) is 9.47. The van der Waals surface area contributed by atoms with Gasteiger partial charge in [0.15, 0.2) is 0 Å². The van der Waals surface area contributed by atoms with Crippen LogP contribution in [0.4, 0.5) is 0 Å². The summed E-state index contributed by atoms with van der Waals surface area (Å²) in [5, 5.41) is 0.833. The molecule has 2 aromatic rings. The van der Waals surface area contributed by atoms with Crippen molar-refractivity contribution in [1.82, 2.24) is 14.8 Å². The number of benzene rings is 1. The van der Waals surface area contributed by atoms with E-state index in [4.69, 9.17) is 4.74 Å². The van der Waals surface area contributed by atoms with Crippen LogP contribution in [0.25, 0.3) is 10.6 Å². The lowest BCUT2D eigenvalue weighted by molar-refractivity contribution is 0.0599. The summed E-state index contributed by atoms with van der Waals surface area (Å²) in [4.78, 5) is 22.7. The molecule has 0 saturated carbocycles. The number of para-hydroxylation sites is 1. The van der Waals surface area contributed by atoms with Gasteiger partial charge < -0.3 is 9.64 Å². The van der Waals surface area contributed by atoms with Gasteiger partial charge in [-0.25, -0.2) is 4.98 Å². The zero-order valence-electron chi connectivity index (χ0n) is 15.3. The van der Waals surface area contributed by atoms with Gasteiger partial charge >= 0.3 is 0 Å². The smallest absolute Gasteiger partial charge is 0.265 e. The van der Waals surface area contributed by atoms with Crippen LogP contribution in [0.15, 0.2) is 24.3 Å². The summed E-state index contributed by atoms with van der Waals surface area (Å²) in [6.45, 7) is 9.72. The first-order valence-electron chi connectivity index (χ1n) is 8.65. The van der Waals surface area contributed by atoms with E-state index in [0.29, 0.717) is 6.04 Å². The van der Waals surface area contributed by atoms with Gasteiger partial charge in [-0.2, -0.15) is 0 Å². The van der Waals surface area contributed by atoms with Crippen LogP contribution in [0.1, 0.15) is 29.2 Å². The van der Waals surface area contributed by atoms with Crippen molar-refractivity contribution in [2.45, 2.75) is 26.8 Å². The van der Waals surface area contributed by atoms with E-state index in [1.54, 1.807) is 7.11 Å². The third-order valence-electron chi connectivity index (χ3n) is 4.66. The number of methoxy groups -OCH3 is 1. The monoisotopic (exact) mass is 359 g/mol. The number of thiazole rings is 1. The van der Waals surface area contributed by atoms with Crippen LogP contribution in [0.5, 0.6) is 5.75 Å². The SMILES string of the molecule is COc1ccccc1-c1nc(C)c(C(=O)N2CCN(C(C)C)CC2)s1. The van der Waals surface area contributed by atoms with E-state index < -0.39 is 0 Å². The summed E-state index contributed by atoms with van der Waals surface area (Å²) in [6, 6.07) is 8.31. The molecule has 5 nitrogen and oxygen atoms in total. The fraction of sp³-hybridized carbons (Fsp3) is 0.474. The number of amides is 1. The van der Waals surface area contributed by atoms with E-state index in [0.717, 1.165) is 53.1 Å². The number of ether oxygens (including phenoxy) is 1. The van der Waals surface area contributed by atoms with Gasteiger partial charge in [0.1, 0.15) is 15.6 Å². The third kappa shape index (κ3) is 3.70. The van der Waals surface area contributed by atoms with Gasteiger partial charge in [-0.15, -0.1) is 11.3 Å². The van der Waals surface area contributed by atoms with Crippen molar-refractivity contribution >= 4 is 17.2 Å². The van der Waals surface area contributed by atoms with Crippen molar-refractivity contribution in [1.29, 1.82) is 0 Å². The Kier molecular flexibility index (Phi) is 5.39. The summed E-state index contributed by atoms with van der Waals surface area (Å²) >= 11 is 1.46. The van der Waals surface area contributed by atoms with Gasteiger partial charge in [0.25, 0.3) is 5.91 Å². The zero-order valence-corrected chi connectivity index (χ0v) is 16.1. The van der Waals surface area contributed by atoms with E-state index >= 15 is 0 Å². The number of carbonyl (C=O) groups is 1. The molecule has 0 unspecified atom stereocenters. The fourth-order valence-corrected chi connectivity index (χ4v) is 4.18. The molecule has 0 N–H and O–H groups in total. The molecule has 0 bridgehead atoms. The molecular weight excluding hydrogens is 334 g/mol. The number of aromatic nitrogens is 1. The molecule has 1 aliphatic rings. The maximum atomic E-state index is 12.9. The average Bonchev–Trinajstić information content (AvgIpc) is 3.02. The third-order valence-corrected chi connectivity index (χ3v) is 5.84. The topological polar surface area (TPSA) is 45.7 Å². The Morgan fingerprint density at radius 1 is 1.20 bits per heavy atom. The summed E-state index contributed by atoms with van der Waals surface area (Å²) < 4.78 is 5.43. The normalized spacial score (nSPS) is 15.6. The maximum Gasteiger partial charge on any atom is 0.265 e. The van der Waals surface area contributed by atoms with Crippen LogP contribution < -0.4 is 4.74 Å². The van der Waals surface area contributed by atoms with Crippen LogP contribution >= 0.6 is 11.3 Å². The standard InChI is InChI=1S/C19H25N3O2S/c1-13(2)21-9-11-22(12-10-21)19(23)17-14(3)20-18(25-17)15-7-5-6-8-16(15)24-4/h5-8,13H,9-12H2,1-4H3. The first kappa shape index (κ1) is 17.9. The molecule has 3 rings (SSSR count). The molecule has 1 aromatic carbocycles. The Morgan fingerprint density at radius 2 is 1.88 bits per heavy atom. The molecule has 1 saturated heterocycles. The molecule has 134 valence electrons. The maximum absolute atomic E-state index is 12.9. The predicted molar refractivity (Wildman–Crippen MR) is 101 cm³/mol. The van der Waals surface area contributed by atoms with Crippen LogP contribution in [0.2, 0.25) is 0 Å². The van der Waals surface area contributed by atoms with Gasteiger partial charge in [0, 0.05) is 32.2 Å². The van der Waals surface area contributed by atoms with Gasteiger partial charge in [-0.3, -0.25) is 9.69 Å². The average molecular weight is 359 g/mol. The Balaban J connectivity index is 1.80. The molecule has 1 aliphatic heterocycles. The molecule has 1 amide bonds. The molecule has 25 heavy (non-hydrogen) atoms. The summed E-state index contributed by atoms with van der Waals surface area (Å²) in [7, 11) is 1.65. The number of hydrogen-bond donors (Lipinski definition) is 0. The van der Waals surface area contributed by atoms with Crippen molar-refractivity contribution in [3.63, 3.8) is 0 Å². The molecule has 0 aliphatic carbocycles. The molecule has 0 atom stereocenters. The fourth-order valence-electron chi connectivity index (χ4n) is 3.12. The number of rotatable bonds is 4. The Morgan fingerprint density at radius 3 is 2.52 bits per heavy atom. The van der Waals surface area contributed by atoms with Gasteiger partial charge in [-0.05, 0) is 32.9 Å². The molecule has 0 radical (unpaired) electrons. The van der Waals surface area contributed by atoms with Crippen molar-refractivity contribution in [2.24, 2.45) is 0 Å². The molecule has 1 fully saturated rings. The quantitative estimate of drug-likeness (QED) is 0.840. The lowest BCUT2D eigenvalue weighted by Crippen LogP contribution is -2.50. The minimum Gasteiger partial charge on any atom is -0.496 e. The first-order chi connectivity index (χ1) is 12.0.